The number of halogens is 3. The Hall–Kier alpha value is -1.04. The predicted molar refractivity (Wildman–Crippen MR) is 79.6 cm³/mol. The lowest BCUT2D eigenvalue weighted by Gasteiger charge is -2.09. The largest absolute Gasteiger partial charge is 0.323 e. The normalized spacial score (nSPS) is 10.5. The van der Waals surface area contributed by atoms with E-state index in [2.05, 4.69) is 26.3 Å². The topological polar surface area (TPSA) is 46.9 Å². The van der Waals surface area contributed by atoms with Crippen LogP contribution >= 0.6 is 39.1 Å². The molecule has 2 aromatic rings. The molecule has 0 saturated carbocycles. The van der Waals surface area contributed by atoms with Crippen LogP contribution in [0.5, 0.6) is 0 Å². The maximum absolute atomic E-state index is 11.8. The van der Waals surface area contributed by atoms with Crippen LogP contribution in [-0.2, 0) is 11.3 Å². The molecule has 1 aromatic carbocycles. The van der Waals surface area contributed by atoms with Crippen molar-refractivity contribution in [3.8, 4) is 0 Å². The van der Waals surface area contributed by atoms with E-state index >= 15 is 0 Å². The van der Waals surface area contributed by atoms with Gasteiger partial charge in [-0.05, 0) is 28.1 Å². The standard InChI is InChI=1S/C12H10BrCl2N3O/c13-8-6-16-18(7-8)5-4-11(19)17-12-9(14)2-1-3-10(12)15/h1-3,6-7H,4-5H2,(H,17,19). The number of aryl methyl sites for hydroxylation is 1. The Bertz CT molecular complexity index is 580. The molecule has 0 unspecified atom stereocenters. The number of hydrogen-bond donors (Lipinski definition) is 1. The maximum atomic E-state index is 11.8. The minimum Gasteiger partial charge on any atom is -0.323 e. The molecule has 1 aromatic heterocycles. The molecule has 0 spiro atoms. The SMILES string of the molecule is O=C(CCn1cc(Br)cn1)Nc1c(Cl)cccc1Cl. The van der Waals surface area contributed by atoms with Gasteiger partial charge in [0.25, 0.3) is 0 Å². The zero-order valence-electron chi connectivity index (χ0n) is 9.74. The minimum atomic E-state index is -0.165. The van der Waals surface area contributed by atoms with Gasteiger partial charge in [-0.25, -0.2) is 0 Å². The van der Waals surface area contributed by atoms with Crippen LogP contribution in [0.1, 0.15) is 6.42 Å². The first kappa shape index (κ1) is 14.4. The third-order valence-corrected chi connectivity index (χ3v) is 3.44. The molecular weight excluding hydrogens is 353 g/mol. The second-order valence-corrected chi connectivity index (χ2v) is 5.55. The van der Waals surface area contributed by atoms with Gasteiger partial charge in [-0.1, -0.05) is 29.3 Å². The van der Waals surface area contributed by atoms with Crippen LogP contribution in [0.15, 0.2) is 35.1 Å². The highest BCUT2D eigenvalue weighted by molar-refractivity contribution is 9.10. The molecule has 2 rings (SSSR count). The summed E-state index contributed by atoms with van der Waals surface area (Å²) in [5, 5.41) is 7.61. The molecule has 19 heavy (non-hydrogen) atoms. The second kappa shape index (κ2) is 6.41. The van der Waals surface area contributed by atoms with Crippen molar-refractivity contribution in [3.05, 3.63) is 45.1 Å². The number of amides is 1. The average Bonchev–Trinajstić information content (AvgIpc) is 2.77. The number of carbonyl (C=O) groups excluding carboxylic acids is 1. The van der Waals surface area contributed by atoms with E-state index in [1.807, 2.05) is 0 Å². The molecule has 7 heteroatoms. The van der Waals surface area contributed by atoms with E-state index in [1.165, 1.54) is 0 Å². The van der Waals surface area contributed by atoms with Gasteiger partial charge in [-0.2, -0.15) is 5.10 Å². The van der Waals surface area contributed by atoms with Crippen molar-refractivity contribution in [1.29, 1.82) is 0 Å². The highest BCUT2D eigenvalue weighted by Gasteiger charge is 2.09. The van der Waals surface area contributed by atoms with Crippen molar-refractivity contribution in [3.63, 3.8) is 0 Å². The summed E-state index contributed by atoms with van der Waals surface area (Å²) in [6.45, 7) is 0.486. The molecule has 0 aliphatic heterocycles. The number of rotatable bonds is 4. The van der Waals surface area contributed by atoms with E-state index < -0.39 is 0 Å². The van der Waals surface area contributed by atoms with Gasteiger partial charge in [0.2, 0.25) is 5.91 Å². The van der Waals surface area contributed by atoms with Gasteiger partial charge in [0.15, 0.2) is 0 Å². The molecule has 0 aliphatic carbocycles. The number of aromatic nitrogens is 2. The number of benzene rings is 1. The van der Waals surface area contributed by atoms with Crippen molar-refractivity contribution < 1.29 is 4.79 Å². The van der Waals surface area contributed by atoms with E-state index in [0.717, 1.165) is 4.47 Å². The zero-order valence-corrected chi connectivity index (χ0v) is 12.8. The molecule has 0 radical (unpaired) electrons. The lowest BCUT2D eigenvalue weighted by molar-refractivity contribution is -0.116. The summed E-state index contributed by atoms with van der Waals surface area (Å²) >= 11 is 15.2. The van der Waals surface area contributed by atoms with Crippen LogP contribution in [0.4, 0.5) is 5.69 Å². The zero-order chi connectivity index (χ0) is 13.8. The predicted octanol–water partition coefficient (Wildman–Crippen LogP) is 3.98. The Kier molecular flexibility index (Phi) is 4.85. The monoisotopic (exact) mass is 361 g/mol. The number of anilines is 1. The van der Waals surface area contributed by atoms with Crippen LogP contribution in [0.3, 0.4) is 0 Å². The van der Waals surface area contributed by atoms with Crippen LogP contribution in [-0.4, -0.2) is 15.7 Å². The number of nitrogens with one attached hydrogen (secondary N) is 1. The van der Waals surface area contributed by atoms with E-state index in [0.29, 0.717) is 22.3 Å². The summed E-state index contributed by atoms with van der Waals surface area (Å²) in [6.07, 6.45) is 3.76. The first-order valence-electron chi connectivity index (χ1n) is 5.48. The Balaban J connectivity index is 1.94. The Morgan fingerprint density at radius 2 is 2.05 bits per heavy atom. The van der Waals surface area contributed by atoms with Crippen molar-refractivity contribution in [2.45, 2.75) is 13.0 Å². The summed E-state index contributed by atoms with van der Waals surface area (Å²) in [6, 6.07) is 5.07. The fourth-order valence-electron chi connectivity index (χ4n) is 1.50. The van der Waals surface area contributed by atoms with Gasteiger partial charge in [0, 0.05) is 19.2 Å². The van der Waals surface area contributed by atoms with Gasteiger partial charge in [-0.15, -0.1) is 0 Å². The average molecular weight is 363 g/mol. The molecule has 1 heterocycles. The van der Waals surface area contributed by atoms with Crippen LogP contribution in [0.25, 0.3) is 0 Å². The van der Waals surface area contributed by atoms with E-state index in [9.17, 15) is 4.79 Å². The van der Waals surface area contributed by atoms with E-state index in [4.69, 9.17) is 23.2 Å². The molecule has 0 bridgehead atoms. The number of carbonyl (C=O) groups is 1. The smallest absolute Gasteiger partial charge is 0.226 e. The van der Waals surface area contributed by atoms with Crippen molar-refractivity contribution in [1.82, 2.24) is 9.78 Å². The van der Waals surface area contributed by atoms with Gasteiger partial charge in [0.1, 0.15) is 0 Å². The molecule has 1 amide bonds. The Labute approximate surface area is 128 Å². The van der Waals surface area contributed by atoms with Gasteiger partial charge < -0.3 is 5.32 Å². The molecule has 0 fully saturated rings. The second-order valence-electron chi connectivity index (χ2n) is 3.82. The fraction of sp³-hybridized carbons (Fsp3) is 0.167. The lowest BCUT2D eigenvalue weighted by Crippen LogP contribution is -2.15. The molecule has 0 saturated heterocycles. The number of para-hydroxylation sites is 1. The van der Waals surface area contributed by atoms with Crippen LogP contribution < -0.4 is 5.32 Å². The first-order chi connectivity index (χ1) is 9.06. The van der Waals surface area contributed by atoms with Crippen LogP contribution in [0.2, 0.25) is 10.0 Å². The highest BCUT2D eigenvalue weighted by atomic mass is 79.9. The molecule has 100 valence electrons. The summed E-state index contributed by atoms with van der Waals surface area (Å²) in [5.41, 5.74) is 0.442. The number of nitrogens with zero attached hydrogens (tertiary/aromatic N) is 2. The van der Waals surface area contributed by atoms with Gasteiger partial charge >= 0.3 is 0 Å². The Morgan fingerprint density at radius 3 is 2.63 bits per heavy atom. The Morgan fingerprint density at radius 1 is 1.37 bits per heavy atom. The summed E-state index contributed by atoms with van der Waals surface area (Å²) < 4.78 is 2.56. The van der Waals surface area contributed by atoms with Crippen LogP contribution in [0, 0.1) is 0 Å². The summed E-state index contributed by atoms with van der Waals surface area (Å²) in [7, 11) is 0. The van der Waals surface area contributed by atoms with E-state index in [1.54, 1.807) is 35.3 Å². The van der Waals surface area contributed by atoms with Crippen molar-refractivity contribution >= 4 is 50.7 Å². The van der Waals surface area contributed by atoms with Crippen molar-refractivity contribution in [2.24, 2.45) is 0 Å². The van der Waals surface area contributed by atoms with Gasteiger partial charge in [0.05, 0.1) is 26.4 Å². The van der Waals surface area contributed by atoms with E-state index in [-0.39, 0.29) is 12.3 Å². The maximum Gasteiger partial charge on any atom is 0.226 e. The highest BCUT2D eigenvalue weighted by Crippen LogP contribution is 2.29. The molecular formula is C12H10BrCl2N3O. The minimum absolute atomic E-state index is 0.165. The molecule has 0 aliphatic rings. The third kappa shape index (κ3) is 3.96. The third-order valence-electron chi connectivity index (χ3n) is 2.40. The first-order valence-corrected chi connectivity index (χ1v) is 7.03. The molecule has 0 atom stereocenters. The molecule has 4 nitrogen and oxygen atoms in total. The molecule has 1 N–H and O–H groups in total. The van der Waals surface area contributed by atoms with Gasteiger partial charge in [-0.3, -0.25) is 9.48 Å². The van der Waals surface area contributed by atoms with Crippen molar-refractivity contribution in [2.75, 3.05) is 5.32 Å². The quantitative estimate of drug-likeness (QED) is 0.894. The summed E-state index contributed by atoms with van der Waals surface area (Å²) in [4.78, 5) is 11.8. The summed E-state index contributed by atoms with van der Waals surface area (Å²) in [5.74, 6) is -0.165. The fourth-order valence-corrected chi connectivity index (χ4v) is 2.32. The number of hydrogen-bond acceptors (Lipinski definition) is 2. The lowest BCUT2D eigenvalue weighted by atomic mass is 10.3.